The van der Waals surface area contributed by atoms with Crippen LogP contribution in [0.1, 0.15) is 11.7 Å². The normalized spacial score (nSPS) is 11.9. The monoisotopic (exact) mass is 487 g/mol. The lowest BCUT2D eigenvalue weighted by Gasteiger charge is -2.08. The number of aromatic nitrogens is 1. The molecule has 0 saturated carbocycles. The number of hydrogen-bond acceptors (Lipinski definition) is 4. The summed E-state index contributed by atoms with van der Waals surface area (Å²) in [5, 5.41) is 5.85. The predicted molar refractivity (Wildman–Crippen MR) is 131 cm³/mol. The zero-order valence-corrected chi connectivity index (χ0v) is 19.2. The van der Waals surface area contributed by atoms with Crippen molar-refractivity contribution < 1.29 is 18.7 Å². The first kappa shape index (κ1) is 19.2. The van der Waals surface area contributed by atoms with Crippen molar-refractivity contribution in [2.24, 2.45) is 0 Å². The molecule has 0 aliphatic carbocycles. The number of ether oxygens (including phenoxy) is 2. The van der Waals surface area contributed by atoms with Gasteiger partial charge < -0.3 is 13.9 Å². The summed E-state index contributed by atoms with van der Waals surface area (Å²) in [7, 11) is 3.25. The maximum atomic E-state index is 12.9. The van der Waals surface area contributed by atoms with Crippen LogP contribution in [0.2, 0.25) is 0 Å². The first-order valence-electron chi connectivity index (χ1n) is 10.2. The lowest BCUT2D eigenvalue weighted by molar-refractivity contribution is 0.0946. The molecule has 0 fully saturated rings. The fourth-order valence-corrected chi connectivity index (χ4v) is 5.23. The SMILES string of the molecule is COc1cc(OC)c2c(c1)oc1c2c2ccc(Br)cc2c2c3ccccc3n(C(C)=O)c12. The van der Waals surface area contributed by atoms with Gasteiger partial charge in [0.2, 0.25) is 5.91 Å². The number of rotatable bonds is 2. The number of para-hydroxylation sites is 1. The summed E-state index contributed by atoms with van der Waals surface area (Å²) < 4.78 is 20.4. The number of nitrogens with zero attached hydrogens (tertiary/aromatic N) is 1. The third-order valence-electron chi connectivity index (χ3n) is 6.11. The van der Waals surface area contributed by atoms with Gasteiger partial charge in [0.1, 0.15) is 22.6 Å². The van der Waals surface area contributed by atoms with E-state index in [1.165, 1.54) is 0 Å². The maximum Gasteiger partial charge on any atom is 0.228 e. The maximum absolute atomic E-state index is 12.9. The highest BCUT2D eigenvalue weighted by molar-refractivity contribution is 9.10. The molecule has 0 saturated heterocycles. The summed E-state index contributed by atoms with van der Waals surface area (Å²) in [5.41, 5.74) is 2.92. The Labute approximate surface area is 191 Å². The Morgan fingerprint density at radius 1 is 0.906 bits per heavy atom. The van der Waals surface area contributed by atoms with Gasteiger partial charge in [-0.05, 0) is 29.0 Å². The summed E-state index contributed by atoms with van der Waals surface area (Å²) in [6.07, 6.45) is 0. The van der Waals surface area contributed by atoms with Crippen LogP contribution >= 0.6 is 15.9 Å². The Morgan fingerprint density at radius 3 is 2.47 bits per heavy atom. The molecule has 6 rings (SSSR count). The van der Waals surface area contributed by atoms with Crippen LogP contribution in [-0.2, 0) is 0 Å². The van der Waals surface area contributed by atoms with E-state index in [0.29, 0.717) is 22.7 Å². The summed E-state index contributed by atoms with van der Waals surface area (Å²) in [4.78, 5) is 12.9. The van der Waals surface area contributed by atoms with Crippen LogP contribution in [0, 0.1) is 0 Å². The van der Waals surface area contributed by atoms with Crippen molar-refractivity contribution in [2.45, 2.75) is 6.92 Å². The Kier molecular flexibility index (Phi) is 4.04. The molecule has 0 atom stereocenters. The number of methoxy groups -OCH3 is 2. The van der Waals surface area contributed by atoms with E-state index in [9.17, 15) is 4.79 Å². The lowest BCUT2D eigenvalue weighted by atomic mass is 9.98. The highest BCUT2D eigenvalue weighted by Crippen LogP contribution is 2.48. The van der Waals surface area contributed by atoms with E-state index in [1.807, 2.05) is 36.4 Å². The molecule has 0 radical (unpaired) electrons. The fourth-order valence-electron chi connectivity index (χ4n) is 4.87. The van der Waals surface area contributed by atoms with Gasteiger partial charge in [-0.25, -0.2) is 0 Å². The van der Waals surface area contributed by atoms with E-state index < -0.39 is 0 Å². The summed E-state index contributed by atoms with van der Waals surface area (Å²) in [5.74, 6) is 1.23. The number of carbonyl (C=O) groups is 1. The first-order valence-corrected chi connectivity index (χ1v) is 11.0. The standard InChI is InChI=1S/C26H18BrNO4/c1-13(29)28-19-7-5-4-6-17(19)22-18-10-14(27)8-9-16(18)23-24-20(31-3)11-15(30-2)12-21(24)32-26(23)25(22)28/h4-12H,1-3H3. The van der Waals surface area contributed by atoms with Gasteiger partial charge in [-0.1, -0.05) is 40.2 Å². The van der Waals surface area contributed by atoms with Crippen LogP contribution in [0.4, 0.5) is 0 Å². The largest absolute Gasteiger partial charge is 0.496 e. The summed E-state index contributed by atoms with van der Waals surface area (Å²) >= 11 is 3.63. The smallest absolute Gasteiger partial charge is 0.228 e. The van der Waals surface area contributed by atoms with Crippen molar-refractivity contribution >= 4 is 76.4 Å². The molecule has 5 nitrogen and oxygen atoms in total. The zero-order valence-electron chi connectivity index (χ0n) is 17.7. The van der Waals surface area contributed by atoms with Crippen molar-refractivity contribution in [3.8, 4) is 11.5 Å². The number of halogens is 1. The molecule has 0 unspecified atom stereocenters. The molecular weight excluding hydrogens is 470 g/mol. The molecule has 6 aromatic rings. The molecule has 4 aromatic carbocycles. The molecule has 0 amide bonds. The van der Waals surface area contributed by atoms with E-state index >= 15 is 0 Å². The zero-order chi connectivity index (χ0) is 22.1. The number of benzene rings is 4. The van der Waals surface area contributed by atoms with Gasteiger partial charge in [-0.3, -0.25) is 9.36 Å². The predicted octanol–water partition coefficient (Wildman–Crippen LogP) is 7.29. The van der Waals surface area contributed by atoms with Gasteiger partial charge in [-0.2, -0.15) is 0 Å². The van der Waals surface area contributed by atoms with E-state index in [-0.39, 0.29) is 5.91 Å². The number of fused-ring (bicyclic) bond motifs is 10. The molecule has 0 bridgehead atoms. The quantitative estimate of drug-likeness (QED) is 0.257. The second-order valence-electron chi connectivity index (χ2n) is 7.79. The summed E-state index contributed by atoms with van der Waals surface area (Å²) in [6, 6.07) is 17.9. The molecule has 6 heteroatoms. The van der Waals surface area contributed by atoms with Crippen LogP contribution in [0.15, 0.2) is 63.5 Å². The Morgan fingerprint density at radius 2 is 1.72 bits per heavy atom. The van der Waals surface area contributed by atoms with Crippen molar-refractivity contribution in [1.29, 1.82) is 0 Å². The third kappa shape index (κ3) is 2.41. The van der Waals surface area contributed by atoms with E-state index in [2.05, 4.69) is 34.1 Å². The molecule has 2 heterocycles. The van der Waals surface area contributed by atoms with Crippen LogP contribution in [0.5, 0.6) is 11.5 Å². The second kappa shape index (κ2) is 6.74. The Hall–Kier alpha value is -3.51. The lowest BCUT2D eigenvalue weighted by Crippen LogP contribution is -2.04. The van der Waals surface area contributed by atoms with Gasteiger partial charge >= 0.3 is 0 Å². The van der Waals surface area contributed by atoms with Crippen molar-refractivity contribution in [1.82, 2.24) is 4.57 Å². The number of furan rings is 1. The van der Waals surface area contributed by atoms with Crippen molar-refractivity contribution in [2.75, 3.05) is 14.2 Å². The minimum absolute atomic E-state index is 0.0724. The van der Waals surface area contributed by atoms with E-state index in [1.54, 1.807) is 25.7 Å². The van der Waals surface area contributed by atoms with E-state index in [4.69, 9.17) is 13.9 Å². The van der Waals surface area contributed by atoms with Crippen LogP contribution in [0.3, 0.4) is 0 Å². The molecule has 0 aliphatic heterocycles. The van der Waals surface area contributed by atoms with Gasteiger partial charge in [0.15, 0.2) is 5.58 Å². The Bertz CT molecular complexity index is 1740. The summed E-state index contributed by atoms with van der Waals surface area (Å²) in [6.45, 7) is 1.58. The molecular formula is C26H18BrNO4. The van der Waals surface area contributed by atoms with Crippen LogP contribution in [0.25, 0.3) is 54.5 Å². The first-order chi connectivity index (χ1) is 15.5. The topological polar surface area (TPSA) is 53.6 Å². The highest BCUT2D eigenvalue weighted by atomic mass is 79.9. The minimum Gasteiger partial charge on any atom is -0.496 e. The molecule has 2 aromatic heterocycles. The molecule has 0 aliphatic rings. The third-order valence-corrected chi connectivity index (χ3v) is 6.60. The van der Waals surface area contributed by atoms with Gasteiger partial charge in [-0.15, -0.1) is 0 Å². The van der Waals surface area contributed by atoms with Crippen LogP contribution < -0.4 is 9.47 Å². The second-order valence-corrected chi connectivity index (χ2v) is 8.71. The van der Waals surface area contributed by atoms with Gasteiger partial charge in [0.05, 0.1) is 25.1 Å². The minimum atomic E-state index is -0.0724. The van der Waals surface area contributed by atoms with Crippen LogP contribution in [-0.4, -0.2) is 24.7 Å². The average Bonchev–Trinajstić information content (AvgIpc) is 3.34. The molecule has 0 spiro atoms. The highest BCUT2D eigenvalue weighted by Gasteiger charge is 2.25. The molecule has 32 heavy (non-hydrogen) atoms. The van der Waals surface area contributed by atoms with Gasteiger partial charge in [0, 0.05) is 39.7 Å². The average molecular weight is 488 g/mol. The Balaban J connectivity index is 2.03. The molecule has 0 N–H and O–H groups in total. The fraction of sp³-hybridized carbons (Fsp3) is 0.115. The number of carbonyl (C=O) groups excluding carboxylic acids is 1. The molecule has 158 valence electrons. The number of hydrogen-bond donors (Lipinski definition) is 0. The van der Waals surface area contributed by atoms with Gasteiger partial charge in [0.25, 0.3) is 0 Å². The van der Waals surface area contributed by atoms with E-state index in [0.717, 1.165) is 47.8 Å². The van der Waals surface area contributed by atoms with Crippen molar-refractivity contribution in [3.05, 3.63) is 59.1 Å². The van der Waals surface area contributed by atoms with Crippen molar-refractivity contribution in [3.63, 3.8) is 0 Å².